The zero-order valence-corrected chi connectivity index (χ0v) is 18.7. The lowest BCUT2D eigenvalue weighted by Crippen LogP contribution is -2.64. The summed E-state index contributed by atoms with van der Waals surface area (Å²) in [5.74, 6) is -1.35. The van der Waals surface area contributed by atoms with Crippen molar-refractivity contribution in [1.29, 1.82) is 0 Å². The van der Waals surface area contributed by atoms with Gasteiger partial charge in [-0.05, 0) is 29.2 Å². The van der Waals surface area contributed by atoms with Crippen molar-refractivity contribution in [3.8, 4) is 11.1 Å². The standard InChI is InChI=1S/C25H28N2O6/c1-25(23(29)30)14-27(15-25)22(28)21(11-12-32-2)26-24(31)33-13-20-18-9-5-3-7-16(18)17-8-4-6-10-19(17)20/h3-10,20-21H,11-15H2,1-2H3,(H,26,31)(H,29,30). The van der Waals surface area contributed by atoms with Gasteiger partial charge in [-0.15, -0.1) is 0 Å². The number of ether oxygens (including phenoxy) is 2. The number of carboxylic acid groups (broad SMARTS) is 1. The van der Waals surface area contributed by atoms with Crippen LogP contribution in [-0.2, 0) is 19.1 Å². The predicted molar refractivity (Wildman–Crippen MR) is 121 cm³/mol. The van der Waals surface area contributed by atoms with Crippen LogP contribution in [0.2, 0.25) is 0 Å². The maximum absolute atomic E-state index is 12.9. The molecule has 2 N–H and O–H groups in total. The van der Waals surface area contributed by atoms with Gasteiger partial charge in [0.05, 0.1) is 5.41 Å². The summed E-state index contributed by atoms with van der Waals surface area (Å²) >= 11 is 0. The highest BCUT2D eigenvalue weighted by Gasteiger charge is 2.48. The van der Waals surface area contributed by atoms with Crippen molar-refractivity contribution in [2.75, 3.05) is 33.4 Å². The van der Waals surface area contributed by atoms with Crippen LogP contribution < -0.4 is 5.32 Å². The maximum atomic E-state index is 12.9. The topological polar surface area (TPSA) is 105 Å². The fraction of sp³-hybridized carbons (Fsp3) is 0.400. The lowest BCUT2D eigenvalue weighted by atomic mass is 9.81. The summed E-state index contributed by atoms with van der Waals surface area (Å²) in [5, 5.41) is 11.9. The molecule has 1 aliphatic heterocycles. The highest BCUT2D eigenvalue weighted by atomic mass is 16.5. The zero-order chi connectivity index (χ0) is 23.6. The van der Waals surface area contributed by atoms with E-state index in [-0.39, 0.29) is 44.5 Å². The number of carbonyl (C=O) groups is 3. The SMILES string of the molecule is COCCC(NC(=O)OCC1c2ccccc2-c2ccccc21)C(=O)N1CC(C)(C(=O)O)C1. The molecule has 1 heterocycles. The van der Waals surface area contributed by atoms with Gasteiger partial charge >= 0.3 is 12.1 Å². The number of carboxylic acids is 1. The van der Waals surface area contributed by atoms with Crippen LogP contribution in [0.5, 0.6) is 0 Å². The van der Waals surface area contributed by atoms with E-state index >= 15 is 0 Å². The van der Waals surface area contributed by atoms with Gasteiger partial charge in [-0.1, -0.05) is 48.5 Å². The number of carbonyl (C=O) groups excluding carboxylic acids is 2. The third kappa shape index (κ3) is 4.43. The van der Waals surface area contributed by atoms with Crippen molar-refractivity contribution in [1.82, 2.24) is 10.2 Å². The molecule has 2 aromatic carbocycles. The number of benzene rings is 2. The fourth-order valence-corrected chi connectivity index (χ4v) is 4.58. The van der Waals surface area contributed by atoms with Crippen molar-refractivity contribution in [3.63, 3.8) is 0 Å². The normalized spacial score (nSPS) is 16.8. The van der Waals surface area contributed by atoms with Gasteiger partial charge in [-0.2, -0.15) is 0 Å². The highest BCUT2D eigenvalue weighted by Crippen LogP contribution is 2.44. The molecule has 2 amide bonds. The van der Waals surface area contributed by atoms with Gasteiger partial charge in [-0.25, -0.2) is 4.79 Å². The van der Waals surface area contributed by atoms with E-state index in [0.29, 0.717) is 0 Å². The summed E-state index contributed by atoms with van der Waals surface area (Å²) in [7, 11) is 1.51. The summed E-state index contributed by atoms with van der Waals surface area (Å²) in [5.41, 5.74) is 3.52. The van der Waals surface area contributed by atoms with Crippen molar-refractivity contribution >= 4 is 18.0 Å². The Bertz CT molecular complexity index is 1020. The van der Waals surface area contributed by atoms with E-state index < -0.39 is 23.5 Å². The third-order valence-electron chi connectivity index (χ3n) is 6.45. The molecule has 1 saturated heterocycles. The molecule has 2 aliphatic rings. The molecule has 8 nitrogen and oxygen atoms in total. The Morgan fingerprint density at radius 2 is 1.67 bits per heavy atom. The number of rotatable bonds is 8. The number of aliphatic carboxylic acids is 1. The van der Waals surface area contributed by atoms with Crippen molar-refractivity contribution in [2.45, 2.75) is 25.3 Å². The number of likely N-dealkylation sites (tertiary alicyclic amines) is 1. The first-order chi connectivity index (χ1) is 15.8. The number of hydrogen-bond donors (Lipinski definition) is 2. The number of nitrogens with one attached hydrogen (secondary N) is 1. The molecule has 2 aromatic rings. The van der Waals surface area contributed by atoms with Crippen LogP contribution in [0.25, 0.3) is 11.1 Å². The number of hydrogen-bond acceptors (Lipinski definition) is 5. The molecule has 1 aliphatic carbocycles. The summed E-state index contributed by atoms with van der Waals surface area (Å²) < 4.78 is 10.6. The molecule has 0 bridgehead atoms. The Hall–Kier alpha value is -3.39. The van der Waals surface area contributed by atoms with E-state index in [1.807, 2.05) is 36.4 Å². The molecule has 8 heteroatoms. The average Bonchev–Trinajstić information content (AvgIpc) is 3.11. The fourth-order valence-electron chi connectivity index (χ4n) is 4.58. The van der Waals surface area contributed by atoms with E-state index in [0.717, 1.165) is 22.3 Å². The molecule has 4 rings (SSSR count). The molecule has 0 radical (unpaired) electrons. The molecule has 0 aromatic heterocycles. The molecule has 1 unspecified atom stereocenters. The summed E-state index contributed by atoms with van der Waals surface area (Å²) in [6, 6.07) is 15.3. The average molecular weight is 453 g/mol. The minimum absolute atomic E-state index is 0.0806. The summed E-state index contributed by atoms with van der Waals surface area (Å²) in [4.78, 5) is 38.3. The molecule has 1 atom stereocenters. The van der Waals surface area contributed by atoms with Gasteiger partial charge in [0.15, 0.2) is 0 Å². The van der Waals surface area contributed by atoms with Crippen LogP contribution in [0.4, 0.5) is 4.79 Å². The lowest BCUT2D eigenvalue weighted by molar-refractivity contribution is -0.164. The van der Waals surface area contributed by atoms with Gasteiger partial charge in [0.2, 0.25) is 5.91 Å². The number of alkyl carbamates (subject to hydrolysis) is 1. The van der Waals surface area contributed by atoms with Crippen LogP contribution in [0.15, 0.2) is 48.5 Å². The third-order valence-corrected chi connectivity index (χ3v) is 6.45. The zero-order valence-electron chi connectivity index (χ0n) is 18.7. The van der Waals surface area contributed by atoms with E-state index in [4.69, 9.17) is 9.47 Å². The van der Waals surface area contributed by atoms with Crippen LogP contribution in [0.3, 0.4) is 0 Å². The Labute approximate surface area is 192 Å². The minimum atomic E-state index is -0.953. The van der Waals surface area contributed by atoms with Gasteiger partial charge in [0.25, 0.3) is 0 Å². The second-order valence-electron chi connectivity index (χ2n) is 8.86. The predicted octanol–water partition coefficient (Wildman–Crippen LogP) is 2.86. The highest BCUT2D eigenvalue weighted by molar-refractivity contribution is 5.89. The van der Waals surface area contributed by atoms with Crippen LogP contribution >= 0.6 is 0 Å². The Balaban J connectivity index is 1.39. The van der Waals surface area contributed by atoms with Crippen molar-refractivity contribution < 1.29 is 29.0 Å². The smallest absolute Gasteiger partial charge is 0.407 e. The van der Waals surface area contributed by atoms with Crippen LogP contribution in [0.1, 0.15) is 30.4 Å². The number of methoxy groups -OCH3 is 1. The van der Waals surface area contributed by atoms with E-state index in [1.54, 1.807) is 6.92 Å². The quantitative estimate of drug-likeness (QED) is 0.638. The van der Waals surface area contributed by atoms with Gasteiger partial charge in [0, 0.05) is 39.1 Å². The van der Waals surface area contributed by atoms with Crippen molar-refractivity contribution in [3.05, 3.63) is 59.7 Å². The monoisotopic (exact) mass is 452 g/mol. The lowest BCUT2D eigenvalue weighted by Gasteiger charge is -2.46. The molecular weight excluding hydrogens is 424 g/mol. The number of amides is 2. The van der Waals surface area contributed by atoms with Gasteiger partial charge in [-0.3, -0.25) is 9.59 Å². The summed E-state index contributed by atoms with van der Waals surface area (Å²) in [6.07, 6.45) is -0.423. The molecule has 1 fully saturated rings. The van der Waals surface area contributed by atoms with Crippen LogP contribution in [0, 0.1) is 5.41 Å². The first-order valence-corrected chi connectivity index (χ1v) is 11.0. The molecule has 174 valence electrons. The van der Waals surface area contributed by atoms with E-state index in [2.05, 4.69) is 17.4 Å². The number of fused-ring (bicyclic) bond motifs is 3. The van der Waals surface area contributed by atoms with Crippen molar-refractivity contribution in [2.24, 2.45) is 5.41 Å². The Kier molecular flexibility index (Phi) is 6.37. The van der Waals surface area contributed by atoms with E-state index in [9.17, 15) is 19.5 Å². The van der Waals surface area contributed by atoms with Gasteiger partial charge in [0.1, 0.15) is 12.6 Å². The molecule has 33 heavy (non-hydrogen) atoms. The van der Waals surface area contributed by atoms with E-state index in [1.165, 1.54) is 12.0 Å². The van der Waals surface area contributed by atoms with Crippen LogP contribution in [-0.4, -0.2) is 67.4 Å². The maximum Gasteiger partial charge on any atom is 0.407 e. The Morgan fingerprint density at radius 3 is 2.21 bits per heavy atom. The second kappa shape index (κ2) is 9.23. The minimum Gasteiger partial charge on any atom is -0.481 e. The number of nitrogens with zero attached hydrogens (tertiary/aromatic N) is 1. The first-order valence-electron chi connectivity index (χ1n) is 11.0. The molecule has 0 spiro atoms. The molecular formula is C25H28N2O6. The second-order valence-corrected chi connectivity index (χ2v) is 8.86. The molecule has 0 saturated carbocycles. The first kappa shape index (κ1) is 22.8. The largest absolute Gasteiger partial charge is 0.481 e. The Morgan fingerprint density at radius 1 is 1.09 bits per heavy atom. The summed E-state index contributed by atoms with van der Waals surface area (Å²) in [6.45, 7) is 2.23. The van der Waals surface area contributed by atoms with Gasteiger partial charge < -0.3 is 24.8 Å².